The summed E-state index contributed by atoms with van der Waals surface area (Å²) < 4.78 is 18.5. The summed E-state index contributed by atoms with van der Waals surface area (Å²) in [6.07, 6.45) is 3.24. The maximum Gasteiger partial charge on any atom is 0.321 e. The van der Waals surface area contributed by atoms with Gasteiger partial charge in [-0.05, 0) is 67.4 Å². The van der Waals surface area contributed by atoms with Gasteiger partial charge in [0.15, 0.2) is 0 Å². The van der Waals surface area contributed by atoms with Gasteiger partial charge in [-0.15, -0.1) is 0 Å². The number of aromatic nitrogens is 2. The Morgan fingerprint density at radius 2 is 1.65 bits per heavy atom. The van der Waals surface area contributed by atoms with Gasteiger partial charge in [0.2, 0.25) is 0 Å². The number of halogens is 1. The third kappa shape index (κ3) is 4.93. The fraction of sp³-hybridized carbons (Fsp3) is 0.0800. The van der Waals surface area contributed by atoms with Crippen LogP contribution in [0.3, 0.4) is 0 Å². The number of carbonyl (C=O) groups excluding carboxylic acids is 1. The maximum absolute atomic E-state index is 13.0. The lowest BCUT2D eigenvalue weighted by Crippen LogP contribution is -2.12. The summed E-state index contributed by atoms with van der Waals surface area (Å²) in [5, 5.41) is 2.96. The first-order valence-electron chi connectivity index (χ1n) is 9.72. The number of anilines is 1. The van der Waals surface area contributed by atoms with E-state index in [4.69, 9.17) is 4.74 Å². The molecule has 0 saturated heterocycles. The third-order valence-electron chi connectivity index (χ3n) is 4.74. The number of rotatable bonds is 5. The number of nitrogens with one attached hydrogen (secondary N) is 1. The molecule has 5 nitrogen and oxygen atoms in total. The summed E-state index contributed by atoms with van der Waals surface area (Å²) in [6, 6.07) is 18.9. The summed E-state index contributed by atoms with van der Waals surface area (Å²) in [4.78, 5) is 21.1. The molecule has 31 heavy (non-hydrogen) atoms. The van der Waals surface area contributed by atoms with Gasteiger partial charge in [-0.3, -0.25) is 4.79 Å². The van der Waals surface area contributed by atoms with Crippen LogP contribution in [-0.4, -0.2) is 15.9 Å². The van der Waals surface area contributed by atoms with Crippen LogP contribution < -0.4 is 10.1 Å². The molecule has 1 N–H and O–H groups in total. The van der Waals surface area contributed by atoms with Gasteiger partial charge in [-0.25, -0.2) is 14.4 Å². The number of hydrogen-bond donors (Lipinski definition) is 1. The molecule has 0 spiro atoms. The molecular formula is C25H20FN3O2. The zero-order valence-corrected chi connectivity index (χ0v) is 17.1. The van der Waals surface area contributed by atoms with Crippen molar-refractivity contribution in [2.45, 2.75) is 13.8 Å². The van der Waals surface area contributed by atoms with Crippen molar-refractivity contribution < 1.29 is 13.9 Å². The van der Waals surface area contributed by atoms with Crippen molar-refractivity contribution in [1.82, 2.24) is 9.97 Å². The summed E-state index contributed by atoms with van der Waals surface area (Å²) in [7, 11) is 0. The van der Waals surface area contributed by atoms with Crippen LogP contribution in [0.4, 0.5) is 10.1 Å². The number of aryl methyl sites for hydroxylation is 2. The fourth-order valence-corrected chi connectivity index (χ4v) is 3.11. The van der Waals surface area contributed by atoms with Gasteiger partial charge in [-0.1, -0.05) is 29.8 Å². The molecule has 0 fully saturated rings. The number of hydrogen-bond acceptors (Lipinski definition) is 4. The second-order valence-electron chi connectivity index (χ2n) is 7.16. The van der Waals surface area contributed by atoms with E-state index < -0.39 is 0 Å². The van der Waals surface area contributed by atoms with Crippen LogP contribution in [-0.2, 0) is 0 Å². The zero-order valence-electron chi connectivity index (χ0n) is 17.1. The van der Waals surface area contributed by atoms with E-state index in [1.54, 1.807) is 24.5 Å². The van der Waals surface area contributed by atoms with Crippen LogP contribution >= 0.6 is 0 Å². The van der Waals surface area contributed by atoms with E-state index in [0.717, 1.165) is 27.9 Å². The highest BCUT2D eigenvalue weighted by Crippen LogP contribution is 2.23. The Kier molecular flexibility index (Phi) is 5.71. The predicted octanol–water partition coefficient (Wildman–Crippen LogP) is 5.94. The van der Waals surface area contributed by atoms with Crippen LogP contribution in [0.5, 0.6) is 11.8 Å². The molecule has 0 aliphatic carbocycles. The van der Waals surface area contributed by atoms with Crippen molar-refractivity contribution in [3.05, 3.63) is 102 Å². The molecular weight excluding hydrogens is 393 g/mol. The second-order valence-corrected chi connectivity index (χ2v) is 7.16. The van der Waals surface area contributed by atoms with Gasteiger partial charge in [0.05, 0.1) is 0 Å². The largest absolute Gasteiger partial charge is 0.424 e. The van der Waals surface area contributed by atoms with E-state index >= 15 is 0 Å². The molecule has 1 aromatic heterocycles. The topological polar surface area (TPSA) is 64.1 Å². The normalized spacial score (nSPS) is 10.5. The van der Waals surface area contributed by atoms with E-state index in [1.165, 1.54) is 24.3 Å². The van der Waals surface area contributed by atoms with Crippen molar-refractivity contribution in [2.75, 3.05) is 5.32 Å². The molecule has 0 aliphatic rings. The van der Waals surface area contributed by atoms with Gasteiger partial charge < -0.3 is 10.1 Å². The first-order valence-corrected chi connectivity index (χ1v) is 9.72. The molecule has 6 heteroatoms. The van der Waals surface area contributed by atoms with Crippen molar-refractivity contribution in [3.8, 4) is 22.9 Å². The lowest BCUT2D eigenvalue weighted by molar-refractivity contribution is 0.102. The van der Waals surface area contributed by atoms with E-state index in [0.29, 0.717) is 11.3 Å². The van der Waals surface area contributed by atoms with Gasteiger partial charge in [0, 0.05) is 29.2 Å². The first kappa shape index (κ1) is 20.2. The third-order valence-corrected chi connectivity index (χ3v) is 4.74. The molecule has 0 bridgehead atoms. The van der Waals surface area contributed by atoms with Gasteiger partial charge >= 0.3 is 6.01 Å². The number of benzene rings is 3. The lowest BCUT2D eigenvalue weighted by Gasteiger charge is -2.10. The molecule has 0 atom stereocenters. The van der Waals surface area contributed by atoms with Crippen molar-refractivity contribution in [1.29, 1.82) is 0 Å². The minimum absolute atomic E-state index is 0.152. The second kappa shape index (κ2) is 8.75. The zero-order chi connectivity index (χ0) is 21.8. The molecule has 0 saturated carbocycles. The van der Waals surface area contributed by atoms with Crippen LogP contribution in [0, 0.1) is 19.7 Å². The Morgan fingerprint density at radius 1 is 0.903 bits per heavy atom. The first-order chi connectivity index (χ1) is 15.0. The highest BCUT2D eigenvalue weighted by atomic mass is 19.1. The van der Waals surface area contributed by atoms with Crippen LogP contribution in [0.15, 0.2) is 79.1 Å². The minimum atomic E-state index is -0.343. The minimum Gasteiger partial charge on any atom is -0.424 e. The maximum atomic E-state index is 13.0. The van der Waals surface area contributed by atoms with Crippen molar-refractivity contribution in [2.24, 2.45) is 0 Å². The number of ether oxygens (including phenoxy) is 1. The number of amides is 1. The van der Waals surface area contributed by atoms with Crippen molar-refractivity contribution in [3.63, 3.8) is 0 Å². The van der Waals surface area contributed by atoms with Gasteiger partial charge in [-0.2, -0.15) is 0 Å². The summed E-state index contributed by atoms with van der Waals surface area (Å²) in [6.45, 7) is 3.98. The molecule has 1 heterocycles. The summed E-state index contributed by atoms with van der Waals surface area (Å²) in [5.74, 6) is -0.0877. The van der Waals surface area contributed by atoms with Crippen LogP contribution in [0.1, 0.15) is 21.5 Å². The average molecular weight is 413 g/mol. The molecule has 1 amide bonds. The Bertz CT molecular complexity index is 1220. The Hall–Kier alpha value is -4.06. The van der Waals surface area contributed by atoms with Crippen LogP contribution in [0.25, 0.3) is 11.1 Å². The number of carbonyl (C=O) groups is 1. The average Bonchev–Trinajstić information content (AvgIpc) is 2.78. The molecule has 0 aliphatic heterocycles. The summed E-state index contributed by atoms with van der Waals surface area (Å²) in [5.41, 5.74) is 5.02. The fourth-order valence-electron chi connectivity index (χ4n) is 3.11. The highest BCUT2D eigenvalue weighted by molar-refractivity contribution is 6.05. The SMILES string of the molecule is Cc1ccc(NC(=O)c2cccc(-c3cnc(Oc4ccc(F)cc4)nc3)c2)c(C)c1. The molecule has 3 aromatic carbocycles. The molecule has 0 radical (unpaired) electrons. The summed E-state index contributed by atoms with van der Waals surface area (Å²) >= 11 is 0. The van der Waals surface area contributed by atoms with Crippen LogP contribution in [0.2, 0.25) is 0 Å². The predicted molar refractivity (Wildman–Crippen MR) is 118 cm³/mol. The number of nitrogens with zero attached hydrogens (tertiary/aromatic N) is 2. The molecule has 4 aromatic rings. The Morgan fingerprint density at radius 3 is 2.35 bits per heavy atom. The molecule has 4 rings (SSSR count). The standard InChI is InChI=1S/C25H20FN3O2/c1-16-6-11-23(17(2)12-16)29-24(30)19-5-3-4-18(13-19)20-14-27-25(28-15-20)31-22-9-7-21(26)8-10-22/h3-15H,1-2H3,(H,29,30). The Labute approximate surface area is 179 Å². The van der Waals surface area contributed by atoms with E-state index in [9.17, 15) is 9.18 Å². The monoisotopic (exact) mass is 413 g/mol. The van der Waals surface area contributed by atoms with E-state index in [2.05, 4.69) is 15.3 Å². The molecule has 154 valence electrons. The van der Waals surface area contributed by atoms with Crippen molar-refractivity contribution >= 4 is 11.6 Å². The van der Waals surface area contributed by atoms with Gasteiger partial charge in [0.25, 0.3) is 5.91 Å². The highest BCUT2D eigenvalue weighted by Gasteiger charge is 2.10. The quantitative estimate of drug-likeness (QED) is 0.439. The van der Waals surface area contributed by atoms with Gasteiger partial charge in [0.1, 0.15) is 11.6 Å². The lowest BCUT2D eigenvalue weighted by atomic mass is 10.1. The van der Waals surface area contributed by atoms with E-state index in [1.807, 2.05) is 44.2 Å². The van der Waals surface area contributed by atoms with E-state index in [-0.39, 0.29) is 17.7 Å². The Balaban J connectivity index is 1.49. The molecule has 0 unspecified atom stereocenters. The smallest absolute Gasteiger partial charge is 0.321 e.